The van der Waals surface area contributed by atoms with Crippen LogP contribution in [0.3, 0.4) is 0 Å². The number of halogens is 1. The minimum Gasteiger partial charge on any atom is -0.446 e. The molecule has 3 fully saturated rings. The van der Waals surface area contributed by atoms with Crippen LogP contribution in [0.25, 0.3) is 10.2 Å². The van der Waals surface area contributed by atoms with Gasteiger partial charge in [-0.15, -0.1) is 0 Å². The molecular formula is C27H31FN4O2S. The molecule has 6 nitrogen and oxygen atoms in total. The van der Waals surface area contributed by atoms with Gasteiger partial charge in [0.05, 0.1) is 22.3 Å². The molecule has 0 radical (unpaired) electrons. The summed E-state index contributed by atoms with van der Waals surface area (Å²) in [6, 6.07) is 15.3. The number of hydrogen-bond acceptors (Lipinski definition) is 6. The summed E-state index contributed by atoms with van der Waals surface area (Å²) in [6.45, 7) is 8.67. The highest BCUT2D eigenvalue weighted by Gasteiger charge is 2.54. The number of hydrogen-bond donors (Lipinski definition) is 0. The van der Waals surface area contributed by atoms with Crippen molar-refractivity contribution in [3.8, 4) is 0 Å². The van der Waals surface area contributed by atoms with Crippen molar-refractivity contribution in [1.29, 1.82) is 0 Å². The van der Waals surface area contributed by atoms with Gasteiger partial charge in [0.1, 0.15) is 11.9 Å². The van der Waals surface area contributed by atoms with Gasteiger partial charge < -0.3 is 9.64 Å². The van der Waals surface area contributed by atoms with Crippen LogP contribution in [0.1, 0.15) is 32.3 Å². The highest BCUT2D eigenvalue weighted by Crippen LogP contribution is 2.50. The minimum absolute atomic E-state index is 0.00843. The topological polar surface area (TPSA) is 48.9 Å². The van der Waals surface area contributed by atoms with Gasteiger partial charge >= 0.3 is 6.09 Å². The van der Waals surface area contributed by atoms with Crippen LogP contribution >= 0.6 is 11.3 Å². The summed E-state index contributed by atoms with van der Waals surface area (Å²) in [6.07, 6.45) is 1.76. The summed E-state index contributed by atoms with van der Waals surface area (Å²) < 4.78 is 20.4. The monoisotopic (exact) mass is 494 g/mol. The molecule has 2 atom stereocenters. The second-order valence-electron chi connectivity index (χ2n) is 10.7. The predicted molar refractivity (Wildman–Crippen MR) is 136 cm³/mol. The van der Waals surface area contributed by atoms with Gasteiger partial charge in [-0.3, -0.25) is 9.80 Å². The molecule has 1 saturated carbocycles. The van der Waals surface area contributed by atoms with E-state index in [1.807, 2.05) is 4.90 Å². The number of anilines is 1. The maximum absolute atomic E-state index is 13.6. The van der Waals surface area contributed by atoms with Crippen LogP contribution < -0.4 is 4.90 Å². The van der Waals surface area contributed by atoms with Crippen molar-refractivity contribution in [3.05, 3.63) is 59.9 Å². The van der Waals surface area contributed by atoms with Crippen LogP contribution in [0, 0.1) is 11.2 Å². The number of piperazine rings is 1. The second-order valence-corrected chi connectivity index (χ2v) is 11.7. The Kier molecular flexibility index (Phi) is 5.68. The molecule has 3 aliphatic rings. The fraction of sp³-hybridized carbons (Fsp3) is 0.481. The molecular weight excluding hydrogens is 463 g/mol. The Labute approximate surface area is 209 Å². The Hall–Kier alpha value is -2.71. The second kappa shape index (κ2) is 8.75. The van der Waals surface area contributed by atoms with Crippen LogP contribution in [0.15, 0.2) is 48.5 Å². The van der Waals surface area contributed by atoms with Crippen molar-refractivity contribution in [2.24, 2.45) is 5.41 Å². The molecule has 1 spiro atoms. The number of benzene rings is 2. The smallest absolute Gasteiger partial charge is 0.410 e. The molecule has 0 unspecified atom stereocenters. The van der Waals surface area contributed by atoms with E-state index in [0.717, 1.165) is 47.8 Å². The average Bonchev–Trinajstić information content (AvgIpc) is 3.19. The fourth-order valence-electron chi connectivity index (χ4n) is 6.17. The summed E-state index contributed by atoms with van der Waals surface area (Å²) in [7, 11) is 0. The number of fused-ring (bicyclic) bond motifs is 1. The van der Waals surface area contributed by atoms with Crippen molar-refractivity contribution >= 4 is 32.8 Å². The molecule has 1 aliphatic carbocycles. The lowest BCUT2D eigenvalue weighted by Crippen LogP contribution is -2.64. The zero-order valence-electron chi connectivity index (χ0n) is 20.2. The van der Waals surface area contributed by atoms with Crippen LogP contribution in [-0.2, 0) is 11.3 Å². The lowest BCUT2D eigenvalue weighted by Gasteiger charge is -2.58. The third kappa shape index (κ3) is 4.38. The van der Waals surface area contributed by atoms with Crippen LogP contribution in [0.2, 0.25) is 0 Å². The summed E-state index contributed by atoms with van der Waals surface area (Å²) >= 11 is 1.50. The van der Waals surface area contributed by atoms with E-state index in [4.69, 9.17) is 9.72 Å². The zero-order valence-corrected chi connectivity index (χ0v) is 21.0. The van der Waals surface area contributed by atoms with E-state index >= 15 is 0 Å². The van der Waals surface area contributed by atoms with Gasteiger partial charge in [-0.25, -0.2) is 14.2 Å². The number of carbonyl (C=O) groups is 1. The lowest BCUT2D eigenvalue weighted by molar-refractivity contribution is -0.137. The fourth-order valence-corrected chi connectivity index (χ4v) is 7.18. The number of ether oxygens (including phenoxy) is 1. The number of aromatic nitrogens is 1. The van der Waals surface area contributed by atoms with Gasteiger partial charge in [-0.2, -0.15) is 0 Å². The van der Waals surface area contributed by atoms with E-state index in [2.05, 4.69) is 54.0 Å². The third-order valence-electron chi connectivity index (χ3n) is 7.70. The molecule has 3 heterocycles. The standard InChI is InChI=1S/C27H31FN4O2S/c1-18-13-31(25-29-23-9-8-21(28)10-24(23)35-25)14-19(2)32(18)26(33)34-22-11-27(12-22)16-30(17-27)15-20-6-4-3-5-7-20/h3-10,18-19,22H,11-17H2,1-2H3/t18-,19+. The molecule has 8 heteroatoms. The maximum atomic E-state index is 13.6. The maximum Gasteiger partial charge on any atom is 0.410 e. The lowest BCUT2D eigenvalue weighted by atomic mass is 9.61. The molecule has 6 rings (SSSR count). The summed E-state index contributed by atoms with van der Waals surface area (Å²) in [5.41, 5.74) is 2.50. The molecule has 1 amide bonds. The zero-order chi connectivity index (χ0) is 24.2. The Morgan fingerprint density at radius 1 is 1.11 bits per heavy atom. The van der Waals surface area contributed by atoms with Crippen molar-refractivity contribution in [3.63, 3.8) is 0 Å². The quantitative estimate of drug-likeness (QED) is 0.503. The molecule has 0 bridgehead atoms. The molecule has 2 aromatic carbocycles. The molecule has 3 aromatic rings. The van der Waals surface area contributed by atoms with Crippen molar-refractivity contribution in [1.82, 2.24) is 14.8 Å². The first kappa shape index (κ1) is 22.7. The van der Waals surface area contributed by atoms with Gasteiger partial charge in [-0.05, 0) is 50.5 Å². The number of thiazole rings is 1. The Morgan fingerprint density at radius 2 is 1.83 bits per heavy atom. The Balaban J connectivity index is 1.00. The number of nitrogens with zero attached hydrogens (tertiary/aromatic N) is 4. The number of rotatable bonds is 4. The SMILES string of the molecule is C[C@@H]1CN(c2nc3ccc(F)cc3s2)C[C@H](C)N1C(=O)OC1CC2(C1)CN(Cc1ccccc1)C2. The highest BCUT2D eigenvalue weighted by molar-refractivity contribution is 7.22. The van der Waals surface area contributed by atoms with Crippen LogP contribution in [0.5, 0.6) is 0 Å². The number of carbonyl (C=O) groups excluding carboxylic acids is 1. The van der Waals surface area contributed by atoms with Crippen LogP contribution in [0.4, 0.5) is 14.3 Å². The van der Waals surface area contributed by atoms with Crippen molar-refractivity contribution < 1.29 is 13.9 Å². The largest absolute Gasteiger partial charge is 0.446 e. The normalized spacial score (nSPS) is 24.4. The van der Waals surface area contributed by atoms with Gasteiger partial charge in [0.25, 0.3) is 0 Å². The first-order valence-corrected chi connectivity index (χ1v) is 13.3. The first-order valence-electron chi connectivity index (χ1n) is 12.4. The van der Waals surface area contributed by atoms with Gasteiger partial charge in [0.2, 0.25) is 0 Å². The summed E-state index contributed by atoms with van der Waals surface area (Å²) in [5.74, 6) is -0.245. The summed E-state index contributed by atoms with van der Waals surface area (Å²) in [4.78, 5) is 24.3. The third-order valence-corrected chi connectivity index (χ3v) is 8.77. The van der Waals surface area contributed by atoms with E-state index < -0.39 is 0 Å². The first-order chi connectivity index (χ1) is 16.9. The van der Waals surface area contributed by atoms with E-state index in [0.29, 0.717) is 18.5 Å². The number of likely N-dealkylation sites (tertiary alicyclic amines) is 1. The molecule has 1 aromatic heterocycles. The summed E-state index contributed by atoms with van der Waals surface area (Å²) in [5, 5.41) is 0.878. The average molecular weight is 495 g/mol. The molecule has 2 saturated heterocycles. The number of amides is 1. The highest BCUT2D eigenvalue weighted by atomic mass is 32.1. The van der Waals surface area contributed by atoms with Crippen molar-refractivity contribution in [2.75, 3.05) is 31.1 Å². The van der Waals surface area contributed by atoms with Crippen molar-refractivity contribution in [2.45, 2.75) is 51.4 Å². The van der Waals surface area contributed by atoms with E-state index in [-0.39, 0.29) is 30.1 Å². The van der Waals surface area contributed by atoms with Crippen LogP contribution in [-0.4, -0.2) is 65.2 Å². The van der Waals surface area contributed by atoms with E-state index in [9.17, 15) is 9.18 Å². The molecule has 35 heavy (non-hydrogen) atoms. The molecule has 2 aliphatic heterocycles. The molecule has 184 valence electrons. The van der Waals surface area contributed by atoms with Gasteiger partial charge in [-0.1, -0.05) is 41.7 Å². The van der Waals surface area contributed by atoms with E-state index in [1.165, 1.54) is 29.0 Å². The van der Waals surface area contributed by atoms with E-state index in [1.54, 1.807) is 6.07 Å². The molecule has 0 N–H and O–H groups in total. The Morgan fingerprint density at radius 3 is 2.54 bits per heavy atom. The Bertz CT molecular complexity index is 1210. The minimum atomic E-state index is -0.245. The predicted octanol–water partition coefficient (Wildman–Crippen LogP) is 5.14. The van der Waals surface area contributed by atoms with Gasteiger partial charge in [0, 0.05) is 38.1 Å². The van der Waals surface area contributed by atoms with Gasteiger partial charge in [0.15, 0.2) is 5.13 Å².